The second kappa shape index (κ2) is 15.6. The first-order valence-corrected chi connectivity index (χ1v) is 10.1. The van der Waals surface area contributed by atoms with Crippen LogP contribution in [-0.2, 0) is 28.6 Å². The van der Waals surface area contributed by atoms with Crippen molar-refractivity contribution in [1.29, 1.82) is 0 Å². The lowest BCUT2D eigenvalue weighted by Crippen LogP contribution is -2.35. The number of ketones is 2. The number of Topliss-reactive ketones (excluding diaryl/α,β-unsaturated/α-hetero) is 2. The van der Waals surface area contributed by atoms with Crippen LogP contribution in [0.2, 0.25) is 0 Å². The molecular formula is C21H36N2O7. The molecule has 0 aliphatic rings. The molecule has 0 atom stereocenters. The van der Waals surface area contributed by atoms with E-state index in [0.29, 0.717) is 51.4 Å². The van der Waals surface area contributed by atoms with Crippen molar-refractivity contribution in [2.45, 2.75) is 59.0 Å². The lowest BCUT2D eigenvalue weighted by atomic mass is 10.1. The molecule has 9 nitrogen and oxygen atoms in total. The van der Waals surface area contributed by atoms with Gasteiger partial charge < -0.3 is 24.8 Å². The average molecular weight is 429 g/mol. The van der Waals surface area contributed by atoms with Crippen LogP contribution in [0.3, 0.4) is 0 Å². The lowest BCUT2D eigenvalue weighted by molar-refractivity contribution is -0.125. The monoisotopic (exact) mass is 428 g/mol. The largest absolute Gasteiger partial charge is 0.444 e. The third kappa shape index (κ3) is 17.8. The molecule has 0 unspecified atom stereocenters. The summed E-state index contributed by atoms with van der Waals surface area (Å²) in [4.78, 5) is 46.2. The Balaban J connectivity index is 3.55. The van der Waals surface area contributed by atoms with Crippen LogP contribution in [-0.4, -0.2) is 68.7 Å². The fourth-order valence-corrected chi connectivity index (χ4v) is 2.05. The van der Waals surface area contributed by atoms with E-state index in [0.717, 1.165) is 0 Å². The number of nitrogens with one attached hydrogen (secondary N) is 2. The molecule has 172 valence electrons. The van der Waals surface area contributed by atoms with Crippen molar-refractivity contribution >= 4 is 23.6 Å². The van der Waals surface area contributed by atoms with Crippen LogP contribution < -0.4 is 10.6 Å². The molecule has 2 N–H and O–H groups in total. The van der Waals surface area contributed by atoms with Gasteiger partial charge in [0.05, 0.1) is 26.4 Å². The Bertz CT molecular complexity index is 582. The second-order valence-electron chi connectivity index (χ2n) is 7.78. The number of allylic oxidation sites excluding steroid dienone is 1. The van der Waals surface area contributed by atoms with E-state index in [1.165, 1.54) is 0 Å². The predicted molar refractivity (Wildman–Crippen MR) is 112 cm³/mol. The summed E-state index contributed by atoms with van der Waals surface area (Å²) in [5.74, 6) is -0.469. The molecule has 0 aliphatic carbocycles. The van der Waals surface area contributed by atoms with Crippen LogP contribution in [0, 0.1) is 0 Å². The van der Waals surface area contributed by atoms with Gasteiger partial charge in [-0.1, -0.05) is 6.58 Å². The molecule has 0 saturated heterocycles. The van der Waals surface area contributed by atoms with Crippen molar-refractivity contribution in [1.82, 2.24) is 10.6 Å². The van der Waals surface area contributed by atoms with Gasteiger partial charge in [0.2, 0.25) is 5.91 Å². The number of hydrogen-bond acceptors (Lipinski definition) is 7. The van der Waals surface area contributed by atoms with Crippen LogP contribution in [0.1, 0.15) is 53.4 Å². The minimum Gasteiger partial charge on any atom is -0.444 e. The molecule has 2 amide bonds. The maximum atomic E-state index is 11.7. The minimum absolute atomic E-state index is 0.0320. The number of rotatable bonds is 16. The number of carbonyl (C=O) groups is 4. The number of ether oxygens (including phenoxy) is 3. The summed E-state index contributed by atoms with van der Waals surface area (Å²) < 4.78 is 15.7. The van der Waals surface area contributed by atoms with Gasteiger partial charge >= 0.3 is 6.09 Å². The first kappa shape index (κ1) is 27.7. The topological polar surface area (TPSA) is 120 Å². The molecule has 0 rings (SSSR count). The first-order chi connectivity index (χ1) is 14.0. The maximum absolute atomic E-state index is 11.7. The highest BCUT2D eigenvalue weighted by Gasteiger charge is 2.16. The fourth-order valence-electron chi connectivity index (χ4n) is 2.05. The summed E-state index contributed by atoms with van der Waals surface area (Å²) in [5, 5.41) is 5.02. The molecule has 0 bridgehead atoms. The average Bonchev–Trinajstić information content (AvgIpc) is 2.64. The molecule has 0 aromatic carbocycles. The van der Waals surface area contributed by atoms with E-state index in [1.807, 2.05) is 0 Å². The fraction of sp³-hybridized carbons (Fsp3) is 0.714. The molecule has 0 saturated carbocycles. The van der Waals surface area contributed by atoms with Crippen LogP contribution >= 0.6 is 0 Å². The van der Waals surface area contributed by atoms with Crippen molar-refractivity contribution in [3.8, 4) is 0 Å². The van der Waals surface area contributed by atoms with E-state index < -0.39 is 11.7 Å². The number of hydrogen-bond donors (Lipinski definition) is 2. The van der Waals surface area contributed by atoms with Crippen molar-refractivity contribution < 1.29 is 33.4 Å². The third-order valence-corrected chi connectivity index (χ3v) is 3.57. The molecule has 0 aromatic rings. The van der Waals surface area contributed by atoms with Gasteiger partial charge in [-0.2, -0.15) is 0 Å². The maximum Gasteiger partial charge on any atom is 0.408 e. The van der Waals surface area contributed by atoms with Gasteiger partial charge in [-0.05, 0) is 39.7 Å². The van der Waals surface area contributed by atoms with E-state index in [2.05, 4.69) is 17.2 Å². The van der Waals surface area contributed by atoms with Gasteiger partial charge in [0.1, 0.15) is 5.60 Å². The van der Waals surface area contributed by atoms with E-state index >= 15 is 0 Å². The Morgan fingerprint density at radius 1 is 0.867 bits per heavy atom. The number of amides is 2. The van der Waals surface area contributed by atoms with E-state index in [1.54, 1.807) is 27.7 Å². The zero-order chi connectivity index (χ0) is 23.0. The van der Waals surface area contributed by atoms with Crippen molar-refractivity contribution in [3.05, 3.63) is 12.2 Å². The van der Waals surface area contributed by atoms with E-state index in [4.69, 9.17) is 14.2 Å². The van der Waals surface area contributed by atoms with Gasteiger partial charge in [-0.25, -0.2) is 4.79 Å². The van der Waals surface area contributed by atoms with Gasteiger partial charge in [0, 0.05) is 32.4 Å². The molecule has 0 aromatic heterocycles. The third-order valence-electron chi connectivity index (χ3n) is 3.57. The molecular weight excluding hydrogens is 392 g/mol. The molecule has 30 heavy (non-hydrogen) atoms. The van der Waals surface area contributed by atoms with Gasteiger partial charge in [0.15, 0.2) is 11.6 Å². The minimum atomic E-state index is -0.665. The lowest BCUT2D eigenvalue weighted by Gasteiger charge is -2.19. The molecule has 0 spiro atoms. The number of carbonyl (C=O) groups excluding carboxylic acids is 4. The normalized spacial score (nSPS) is 10.9. The quantitative estimate of drug-likeness (QED) is 0.285. The summed E-state index contributed by atoms with van der Waals surface area (Å²) in [5.41, 5.74) is -0.0751. The Hall–Kier alpha value is -2.26. The highest BCUT2D eigenvalue weighted by atomic mass is 16.6. The van der Waals surface area contributed by atoms with Crippen LogP contribution in [0.15, 0.2) is 12.2 Å². The molecule has 0 radical (unpaired) electrons. The Morgan fingerprint density at radius 3 is 2.10 bits per heavy atom. The van der Waals surface area contributed by atoms with E-state index in [9.17, 15) is 19.2 Å². The van der Waals surface area contributed by atoms with Crippen molar-refractivity contribution in [3.63, 3.8) is 0 Å². The van der Waals surface area contributed by atoms with E-state index in [-0.39, 0.29) is 36.9 Å². The summed E-state index contributed by atoms with van der Waals surface area (Å²) in [6, 6.07) is 0. The Morgan fingerprint density at radius 2 is 1.50 bits per heavy atom. The second-order valence-corrected chi connectivity index (χ2v) is 7.78. The zero-order valence-electron chi connectivity index (χ0n) is 18.6. The van der Waals surface area contributed by atoms with Crippen LogP contribution in [0.25, 0.3) is 0 Å². The summed E-state index contributed by atoms with van der Waals surface area (Å²) in [6.45, 7) is 12.2. The summed E-state index contributed by atoms with van der Waals surface area (Å²) in [7, 11) is 0. The molecule has 0 fully saturated rings. The highest BCUT2D eigenvalue weighted by Crippen LogP contribution is 2.06. The predicted octanol–water partition coefficient (Wildman–Crippen LogP) is 1.94. The first-order valence-electron chi connectivity index (χ1n) is 10.1. The molecule has 9 heteroatoms. The summed E-state index contributed by atoms with van der Waals surface area (Å²) in [6.07, 6.45) is 0.488. The Labute approximate surface area is 178 Å². The van der Waals surface area contributed by atoms with Gasteiger partial charge in [0.25, 0.3) is 0 Å². The van der Waals surface area contributed by atoms with Crippen LogP contribution in [0.5, 0.6) is 0 Å². The van der Waals surface area contributed by atoms with Gasteiger partial charge in [-0.3, -0.25) is 14.4 Å². The smallest absolute Gasteiger partial charge is 0.408 e. The summed E-state index contributed by atoms with van der Waals surface area (Å²) >= 11 is 0. The number of alkyl carbamates (subject to hydrolysis) is 1. The van der Waals surface area contributed by atoms with Gasteiger partial charge in [-0.15, -0.1) is 0 Å². The highest BCUT2D eigenvalue weighted by molar-refractivity contribution is 5.94. The van der Waals surface area contributed by atoms with Crippen molar-refractivity contribution in [2.75, 3.05) is 39.5 Å². The van der Waals surface area contributed by atoms with Crippen LogP contribution in [0.4, 0.5) is 4.79 Å². The van der Waals surface area contributed by atoms with Crippen molar-refractivity contribution in [2.24, 2.45) is 0 Å². The molecule has 0 heterocycles. The Kier molecular flexibility index (Phi) is 14.4. The zero-order valence-corrected chi connectivity index (χ0v) is 18.6. The molecule has 0 aliphatic heterocycles. The standard InChI is InChI=1S/C21H36N2O7/c1-16(2)18(25)7-6-11-28-13-14-29-12-10-22-19(26)9-8-17(24)15-23-20(27)30-21(3,4)5/h1,6-15H2,2-5H3,(H,22,26)(H,23,27). The SMILES string of the molecule is C=C(C)C(=O)CCCOCCOCCNC(=O)CCC(=O)CNC(=O)OC(C)(C)C.